The van der Waals surface area contributed by atoms with E-state index in [0.717, 1.165) is 22.1 Å². The number of amides is 1. The van der Waals surface area contributed by atoms with Crippen molar-refractivity contribution in [2.24, 2.45) is 10.1 Å². The fourth-order valence-electron chi connectivity index (χ4n) is 3.39. The number of alkyl halides is 3. The smallest absolute Gasteiger partial charge is 0.441 e. The maximum Gasteiger partial charge on any atom is 0.441 e. The van der Waals surface area contributed by atoms with E-state index >= 15 is 0 Å². The number of hydrazone groups is 1. The second-order valence-electron chi connectivity index (χ2n) is 6.90. The summed E-state index contributed by atoms with van der Waals surface area (Å²) in [5, 5.41) is 11.3. The molecule has 1 N–H and O–H groups in total. The summed E-state index contributed by atoms with van der Waals surface area (Å²) in [6, 6.07) is 7.08. The highest BCUT2D eigenvalue weighted by molar-refractivity contribution is 8.27. The van der Waals surface area contributed by atoms with Crippen LogP contribution in [0.4, 0.5) is 13.2 Å². The predicted molar refractivity (Wildman–Crippen MR) is 118 cm³/mol. The van der Waals surface area contributed by atoms with E-state index < -0.39 is 23.0 Å². The first-order valence-corrected chi connectivity index (χ1v) is 10.3. The molecule has 2 aliphatic rings. The number of aryl methyl sites for hydroxylation is 1. The van der Waals surface area contributed by atoms with Gasteiger partial charge in [-0.1, -0.05) is 11.6 Å². The highest BCUT2D eigenvalue weighted by Crippen LogP contribution is 2.36. The molecule has 2 aromatic rings. The molecule has 32 heavy (non-hydrogen) atoms. The van der Waals surface area contributed by atoms with E-state index in [-0.39, 0.29) is 22.5 Å². The quantitative estimate of drug-likeness (QED) is 0.630. The number of nitrogens with one attached hydrogen (secondary N) is 1. The first-order valence-electron chi connectivity index (χ1n) is 9.11. The van der Waals surface area contributed by atoms with Crippen LogP contribution < -0.4 is 4.74 Å². The molecule has 0 unspecified atom stereocenters. The van der Waals surface area contributed by atoms with Crippen molar-refractivity contribution in [2.75, 3.05) is 7.11 Å². The van der Waals surface area contributed by atoms with Crippen LogP contribution in [0.3, 0.4) is 0 Å². The van der Waals surface area contributed by atoms with Crippen LogP contribution in [0.15, 0.2) is 39.9 Å². The van der Waals surface area contributed by atoms with Gasteiger partial charge in [-0.15, -0.1) is 0 Å². The molecule has 2 aliphatic heterocycles. The SMILES string of the molecule is COc1ccc(-n2c(C)cc(/C=C3\C(=N)N4N=C(C(F)(F)F)SC4=NC3=O)c2C)cc1Cl. The maximum absolute atomic E-state index is 13.0. The Hall–Kier alpha value is -3.05. The van der Waals surface area contributed by atoms with E-state index in [1.807, 2.05) is 24.5 Å². The highest BCUT2D eigenvalue weighted by Gasteiger charge is 2.46. The largest absolute Gasteiger partial charge is 0.495 e. The van der Waals surface area contributed by atoms with E-state index in [1.165, 1.54) is 13.2 Å². The Bertz CT molecular complexity index is 1260. The number of rotatable bonds is 3. The summed E-state index contributed by atoms with van der Waals surface area (Å²) in [5.41, 5.74) is 2.77. The summed E-state index contributed by atoms with van der Waals surface area (Å²) in [6.07, 6.45) is -3.26. The topological polar surface area (TPSA) is 83.0 Å². The number of aliphatic imine (C=N–C) groups is 1. The van der Waals surface area contributed by atoms with Gasteiger partial charge >= 0.3 is 6.18 Å². The van der Waals surface area contributed by atoms with E-state index in [4.69, 9.17) is 21.7 Å². The molecule has 0 spiro atoms. The first-order chi connectivity index (χ1) is 15.0. The number of hydrogen-bond donors (Lipinski definition) is 1. The van der Waals surface area contributed by atoms with Gasteiger partial charge in [-0.25, -0.2) is 0 Å². The number of halogens is 4. The average Bonchev–Trinajstić information content (AvgIpc) is 3.26. The van der Waals surface area contributed by atoms with Gasteiger partial charge < -0.3 is 9.30 Å². The van der Waals surface area contributed by atoms with Crippen LogP contribution in [0, 0.1) is 19.3 Å². The van der Waals surface area contributed by atoms with Crippen LogP contribution in [-0.4, -0.2) is 44.8 Å². The minimum Gasteiger partial charge on any atom is -0.495 e. The minimum absolute atomic E-state index is 0.158. The van der Waals surface area contributed by atoms with Gasteiger partial charge in [0, 0.05) is 17.1 Å². The molecule has 0 bridgehead atoms. The molecule has 166 valence electrons. The molecule has 0 atom stereocenters. The van der Waals surface area contributed by atoms with E-state index in [9.17, 15) is 18.0 Å². The van der Waals surface area contributed by atoms with E-state index in [0.29, 0.717) is 16.3 Å². The standard InChI is InChI=1S/C20H15ClF3N5O2S/c1-9-6-11(10(2)28(9)12-4-5-15(31-3)14(21)8-12)7-13-16(25)29-19(26-17(13)30)32-18(27-29)20(22,23)24/h4-8,25H,1-3H3/b13-7+,25-16?. The lowest BCUT2D eigenvalue weighted by Crippen LogP contribution is -2.35. The molecular weight excluding hydrogens is 467 g/mol. The monoisotopic (exact) mass is 481 g/mol. The Morgan fingerprint density at radius 1 is 1.25 bits per heavy atom. The molecule has 12 heteroatoms. The summed E-state index contributed by atoms with van der Waals surface area (Å²) in [6.45, 7) is 3.67. The molecule has 1 aromatic carbocycles. The summed E-state index contributed by atoms with van der Waals surface area (Å²) < 4.78 is 46.0. The molecule has 0 saturated heterocycles. The Morgan fingerprint density at radius 3 is 2.59 bits per heavy atom. The number of benzene rings is 1. The molecule has 7 nitrogen and oxygen atoms in total. The van der Waals surface area contributed by atoms with Crippen molar-refractivity contribution >= 4 is 51.4 Å². The zero-order valence-corrected chi connectivity index (χ0v) is 18.5. The number of aromatic nitrogens is 1. The lowest BCUT2D eigenvalue weighted by molar-refractivity contribution is -0.114. The summed E-state index contributed by atoms with van der Waals surface area (Å²) in [7, 11) is 1.52. The van der Waals surface area contributed by atoms with E-state index in [2.05, 4.69) is 10.1 Å². The average molecular weight is 482 g/mol. The lowest BCUT2D eigenvalue weighted by Gasteiger charge is -2.20. The Labute approximate surface area is 189 Å². The number of carbonyl (C=O) groups is 1. The Kier molecular flexibility index (Phi) is 5.41. The lowest BCUT2D eigenvalue weighted by atomic mass is 10.1. The molecule has 0 fully saturated rings. The van der Waals surface area contributed by atoms with Gasteiger partial charge in [-0.2, -0.15) is 28.3 Å². The van der Waals surface area contributed by atoms with Crippen LogP contribution in [-0.2, 0) is 4.79 Å². The zero-order valence-electron chi connectivity index (χ0n) is 16.9. The third-order valence-corrected chi connectivity index (χ3v) is 6.11. The molecule has 3 heterocycles. The number of hydrogen-bond acceptors (Lipinski definition) is 5. The van der Waals surface area contributed by atoms with Crippen molar-refractivity contribution in [3.05, 3.63) is 51.8 Å². The van der Waals surface area contributed by atoms with Gasteiger partial charge in [0.1, 0.15) is 5.75 Å². The first kappa shape index (κ1) is 22.2. The molecule has 1 aromatic heterocycles. The van der Waals surface area contributed by atoms with Crippen molar-refractivity contribution in [3.63, 3.8) is 0 Å². The highest BCUT2D eigenvalue weighted by atomic mass is 35.5. The van der Waals surface area contributed by atoms with Gasteiger partial charge in [0.15, 0.2) is 5.84 Å². The Morgan fingerprint density at radius 2 is 1.97 bits per heavy atom. The molecule has 0 radical (unpaired) electrons. The second-order valence-corrected chi connectivity index (χ2v) is 8.27. The maximum atomic E-state index is 13.0. The summed E-state index contributed by atoms with van der Waals surface area (Å²) >= 11 is 6.46. The van der Waals surface area contributed by atoms with Gasteiger partial charge in [-0.05, 0) is 61.5 Å². The fraction of sp³-hybridized carbons (Fsp3) is 0.200. The summed E-state index contributed by atoms with van der Waals surface area (Å²) in [4.78, 5) is 16.2. The van der Waals surface area contributed by atoms with Crippen molar-refractivity contribution in [1.29, 1.82) is 5.41 Å². The number of thioether (sulfide) groups is 1. The molecular formula is C20H15ClF3N5O2S. The third-order valence-electron chi connectivity index (χ3n) is 4.86. The fourth-order valence-corrected chi connectivity index (χ4v) is 4.40. The number of methoxy groups -OCH3 is 1. The van der Waals surface area contributed by atoms with Gasteiger partial charge in [-0.3, -0.25) is 10.2 Å². The number of amidine groups is 2. The molecule has 4 rings (SSSR count). The molecule has 1 amide bonds. The number of carbonyl (C=O) groups excluding carboxylic acids is 1. The van der Waals surface area contributed by atoms with E-state index in [1.54, 1.807) is 18.2 Å². The van der Waals surface area contributed by atoms with Crippen molar-refractivity contribution < 1.29 is 22.7 Å². The van der Waals surface area contributed by atoms with Crippen LogP contribution in [0.25, 0.3) is 11.8 Å². The van der Waals surface area contributed by atoms with Crippen LogP contribution >= 0.6 is 23.4 Å². The van der Waals surface area contributed by atoms with Crippen LogP contribution in [0.5, 0.6) is 5.75 Å². The van der Waals surface area contributed by atoms with Crippen molar-refractivity contribution in [3.8, 4) is 11.4 Å². The van der Waals surface area contributed by atoms with Gasteiger partial charge in [0.25, 0.3) is 5.91 Å². The normalized spacial score (nSPS) is 17.6. The number of ether oxygens (including phenoxy) is 1. The Balaban J connectivity index is 1.73. The molecule has 0 aliphatic carbocycles. The van der Waals surface area contributed by atoms with Gasteiger partial charge in [0.2, 0.25) is 10.2 Å². The molecule has 0 saturated carbocycles. The second kappa shape index (κ2) is 7.82. The van der Waals surface area contributed by atoms with Crippen LogP contribution in [0.1, 0.15) is 17.0 Å². The number of fused-ring (bicyclic) bond motifs is 1. The summed E-state index contributed by atoms with van der Waals surface area (Å²) in [5.74, 6) is -0.744. The zero-order chi connectivity index (χ0) is 23.4. The number of nitrogens with zero attached hydrogens (tertiary/aromatic N) is 4. The van der Waals surface area contributed by atoms with Gasteiger partial charge in [0.05, 0.1) is 17.7 Å². The predicted octanol–water partition coefficient (Wildman–Crippen LogP) is 4.94. The van der Waals surface area contributed by atoms with Crippen LogP contribution in [0.2, 0.25) is 5.02 Å². The van der Waals surface area contributed by atoms with Crippen molar-refractivity contribution in [2.45, 2.75) is 20.0 Å². The minimum atomic E-state index is -4.69. The third kappa shape index (κ3) is 3.71. The van der Waals surface area contributed by atoms with Crippen molar-refractivity contribution in [1.82, 2.24) is 9.58 Å².